The smallest absolute Gasteiger partial charge is 0.292 e. The number of fused-ring (bicyclic) bond motifs is 1. The number of aryl methyl sites for hydroxylation is 1. The van der Waals surface area contributed by atoms with E-state index in [1.807, 2.05) is 31.2 Å². The molecule has 100 valence electrons. The summed E-state index contributed by atoms with van der Waals surface area (Å²) < 4.78 is 5.79. The lowest BCUT2D eigenvalue weighted by molar-refractivity contribution is 0.0996. The molecule has 0 fully saturated rings. The van der Waals surface area contributed by atoms with Crippen LogP contribution in [0.25, 0.3) is 10.9 Å². The van der Waals surface area contributed by atoms with Gasteiger partial charge in [0.25, 0.3) is 5.91 Å². The number of pyridine rings is 1. The second kappa shape index (κ2) is 5.09. The van der Waals surface area contributed by atoms with Gasteiger partial charge in [-0.25, -0.2) is 0 Å². The standard InChI is InChI=1S/C15H11BrN2O2/c1-9-4-5-12(10-3-2-7-17-13(9)10)18-15(19)14-11(16)6-8-20-14/h2-8H,1H3,(H,18,19). The third-order valence-electron chi connectivity index (χ3n) is 3.04. The Morgan fingerprint density at radius 3 is 2.90 bits per heavy atom. The molecule has 4 nitrogen and oxygen atoms in total. The molecule has 0 radical (unpaired) electrons. The Morgan fingerprint density at radius 2 is 2.15 bits per heavy atom. The summed E-state index contributed by atoms with van der Waals surface area (Å²) in [5.41, 5.74) is 2.66. The van der Waals surface area contributed by atoms with E-state index >= 15 is 0 Å². The Balaban J connectivity index is 2.02. The summed E-state index contributed by atoms with van der Waals surface area (Å²) in [5, 5.41) is 3.76. The van der Waals surface area contributed by atoms with Crippen molar-refractivity contribution in [1.29, 1.82) is 0 Å². The molecule has 2 aromatic heterocycles. The maximum absolute atomic E-state index is 12.2. The Morgan fingerprint density at radius 1 is 1.30 bits per heavy atom. The van der Waals surface area contributed by atoms with Gasteiger partial charge in [-0.2, -0.15) is 0 Å². The third kappa shape index (κ3) is 2.20. The van der Waals surface area contributed by atoms with Crippen LogP contribution in [-0.4, -0.2) is 10.9 Å². The summed E-state index contributed by atoms with van der Waals surface area (Å²) in [6.07, 6.45) is 3.21. The van der Waals surface area contributed by atoms with Gasteiger partial charge < -0.3 is 9.73 Å². The van der Waals surface area contributed by atoms with Crippen LogP contribution >= 0.6 is 15.9 Å². The van der Waals surface area contributed by atoms with E-state index in [9.17, 15) is 4.79 Å². The fourth-order valence-electron chi connectivity index (χ4n) is 2.06. The molecule has 0 bridgehead atoms. The van der Waals surface area contributed by atoms with Crippen molar-refractivity contribution in [3.05, 3.63) is 58.6 Å². The van der Waals surface area contributed by atoms with Crippen molar-refractivity contribution in [1.82, 2.24) is 4.98 Å². The summed E-state index contributed by atoms with van der Waals surface area (Å²) in [6, 6.07) is 9.27. The van der Waals surface area contributed by atoms with Crippen molar-refractivity contribution in [2.45, 2.75) is 6.92 Å². The summed E-state index contributed by atoms with van der Waals surface area (Å²) in [5.74, 6) is -0.0431. The molecule has 0 aliphatic rings. The number of nitrogens with zero attached hydrogens (tertiary/aromatic N) is 1. The number of furan rings is 1. The molecule has 1 amide bonds. The lowest BCUT2D eigenvalue weighted by atomic mass is 10.1. The van der Waals surface area contributed by atoms with Crippen molar-refractivity contribution >= 4 is 38.4 Å². The predicted molar refractivity (Wildman–Crippen MR) is 80.8 cm³/mol. The number of rotatable bonds is 2. The highest BCUT2D eigenvalue weighted by atomic mass is 79.9. The van der Waals surface area contributed by atoms with Gasteiger partial charge in [0.2, 0.25) is 5.76 Å². The van der Waals surface area contributed by atoms with E-state index in [1.54, 1.807) is 12.3 Å². The highest BCUT2D eigenvalue weighted by Gasteiger charge is 2.15. The molecule has 0 atom stereocenters. The van der Waals surface area contributed by atoms with Gasteiger partial charge in [0.15, 0.2) is 0 Å². The predicted octanol–water partition coefficient (Wildman–Crippen LogP) is 4.15. The van der Waals surface area contributed by atoms with Crippen LogP contribution in [0.3, 0.4) is 0 Å². The van der Waals surface area contributed by atoms with E-state index in [2.05, 4.69) is 26.2 Å². The van der Waals surface area contributed by atoms with E-state index in [4.69, 9.17) is 4.42 Å². The number of aromatic nitrogens is 1. The number of nitrogens with one attached hydrogen (secondary N) is 1. The second-order valence-electron chi connectivity index (χ2n) is 4.38. The van der Waals surface area contributed by atoms with Gasteiger partial charge in [0, 0.05) is 11.6 Å². The second-order valence-corrected chi connectivity index (χ2v) is 5.24. The van der Waals surface area contributed by atoms with Gasteiger partial charge in [0.1, 0.15) is 0 Å². The largest absolute Gasteiger partial charge is 0.458 e. The van der Waals surface area contributed by atoms with Crippen molar-refractivity contribution < 1.29 is 9.21 Å². The number of benzene rings is 1. The van der Waals surface area contributed by atoms with Gasteiger partial charge >= 0.3 is 0 Å². The first-order valence-corrected chi connectivity index (χ1v) is 6.85. The van der Waals surface area contributed by atoms with Crippen LogP contribution in [0.2, 0.25) is 0 Å². The van der Waals surface area contributed by atoms with E-state index < -0.39 is 0 Å². The van der Waals surface area contributed by atoms with Crippen molar-refractivity contribution in [3.63, 3.8) is 0 Å². The van der Waals surface area contributed by atoms with E-state index in [-0.39, 0.29) is 11.7 Å². The molecule has 1 N–H and O–H groups in total. The van der Waals surface area contributed by atoms with Gasteiger partial charge in [-0.15, -0.1) is 0 Å². The van der Waals surface area contributed by atoms with Gasteiger partial charge in [-0.1, -0.05) is 6.07 Å². The average molecular weight is 331 g/mol. The molecule has 3 rings (SSSR count). The molecule has 0 spiro atoms. The topological polar surface area (TPSA) is 55.1 Å². The van der Waals surface area contributed by atoms with Crippen LogP contribution in [-0.2, 0) is 0 Å². The van der Waals surface area contributed by atoms with Crippen molar-refractivity contribution in [2.24, 2.45) is 0 Å². The van der Waals surface area contributed by atoms with E-state index in [0.29, 0.717) is 10.2 Å². The average Bonchev–Trinajstić information content (AvgIpc) is 2.88. The molecule has 0 aliphatic heterocycles. The van der Waals surface area contributed by atoms with Crippen LogP contribution in [0.15, 0.2) is 51.7 Å². The number of amides is 1. The lowest BCUT2D eigenvalue weighted by Crippen LogP contribution is -2.12. The molecular formula is C15H11BrN2O2. The molecule has 0 aliphatic carbocycles. The van der Waals surface area contributed by atoms with Crippen LogP contribution in [0.5, 0.6) is 0 Å². The minimum Gasteiger partial charge on any atom is -0.458 e. The SMILES string of the molecule is Cc1ccc(NC(=O)c2occc2Br)c2cccnc12. The summed E-state index contributed by atoms with van der Waals surface area (Å²) in [4.78, 5) is 16.5. The Kier molecular flexibility index (Phi) is 3.28. The first kappa shape index (κ1) is 12.9. The Bertz CT molecular complexity index is 795. The fourth-order valence-corrected chi connectivity index (χ4v) is 2.44. The first-order chi connectivity index (χ1) is 9.66. The monoisotopic (exact) mass is 330 g/mol. The highest BCUT2D eigenvalue weighted by Crippen LogP contribution is 2.26. The summed E-state index contributed by atoms with van der Waals surface area (Å²) >= 11 is 3.27. The lowest BCUT2D eigenvalue weighted by Gasteiger charge is -2.09. The quantitative estimate of drug-likeness (QED) is 0.767. The molecule has 5 heteroatoms. The van der Waals surface area contributed by atoms with Crippen LogP contribution in [0, 0.1) is 6.92 Å². The van der Waals surface area contributed by atoms with Gasteiger partial charge in [0.05, 0.1) is 21.9 Å². The minimum atomic E-state index is -0.295. The number of halogens is 1. The van der Waals surface area contributed by atoms with E-state index in [0.717, 1.165) is 16.5 Å². The zero-order valence-electron chi connectivity index (χ0n) is 10.7. The number of hydrogen-bond donors (Lipinski definition) is 1. The third-order valence-corrected chi connectivity index (χ3v) is 3.67. The minimum absolute atomic E-state index is 0.252. The Labute approximate surface area is 123 Å². The zero-order valence-corrected chi connectivity index (χ0v) is 12.3. The highest BCUT2D eigenvalue weighted by molar-refractivity contribution is 9.10. The maximum Gasteiger partial charge on any atom is 0.292 e. The fraction of sp³-hybridized carbons (Fsp3) is 0.0667. The normalized spacial score (nSPS) is 10.7. The number of hydrogen-bond acceptors (Lipinski definition) is 3. The van der Waals surface area contributed by atoms with Crippen LogP contribution < -0.4 is 5.32 Å². The van der Waals surface area contributed by atoms with Crippen molar-refractivity contribution in [3.8, 4) is 0 Å². The van der Waals surface area contributed by atoms with Gasteiger partial charge in [-0.3, -0.25) is 9.78 Å². The summed E-state index contributed by atoms with van der Waals surface area (Å²) in [6.45, 7) is 1.99. The molecule has 2 heterocycles. The first-order valence-electron chi connectivity index (χ1n) is 6.05. The Hall–Kier alpha value is -2.14. The number of carbonyl (C=O) groups is 1. The molecule has 1 aromatic carbocycles. The number of anilines is 1. The molecule has 0 unspecified atom stereocenters. The molecule has 20 heavy (non-hydrogen) atoms. The van der Waals surface area contributed by atoms with Gasteiger partial charge in [-0.05, 0) is 52.7 Å². The molecular weight excluding hydrogens is 320 g/mol. The zero-order chi connectivity index (χ0) is 14.1. The van der Waals surface area contributed by atoms with Crippen LogP contribution in [0.1, 0.15) is 16.1 Å². The number of carbonyl (C=O) groups excluding carboxylic acids is 1. The molecule has 3 aromatic rings. The summed E-state index contributed by atoms with van der Waals surface area (Å²) in [7, 11) is 0. The molecule has 0 saturated heterocycles. The molecule has 0 saturated carbocycles. The van der Waals surface area contributed by atoms with Crippen molar-refractivity contribution in [2.75, 3.05) is 5.32 Å². The van der Waals surface area contributed by atoms with Crippen LogP contribution in [0.4, 0.5) is 5.69 Å². The van der Waals surface area contributed by atoms with E-state index in [1.165, 1.54) is 6.26 Å². The maximum atomic E-state index is 12.2.